The molecule has 5 atom stereocenters. The van der Waals surface area contributed by atoms with Crippen LogP contribution in [0, 0.1) is 11.8 Å². The highest BCUT2D eigenvalue weighted by molar-refractivity contribution is 7.80. The van der Waals surface area contributed by atoms with Crippen molar-refractivity contribution in [1.82, 2.24) is 16.0 Å². The van der Waals surface area contributed by atoms with Gasteiger partial charge in [-0.2, -0.15) is 12.6 Å². The number of aromatic hydroxyl groups is 1. The highest BCUT2D eigenvalue weighted by Gasteiger charge is 2.31. The van der Waals surface area contributed by atoms with Crippen LogP contribution in [0.5, 0.6) is 5.75 Å². The van der Waals surface area contributed by atoms with Crippen molar-refractivity contribution in [2.24, 2.45) is 17.6 Å². The lowest BCUT2D eigenvalue weighted by atomic mass is 9.99. The molecular formula is C24H38N4O6S. The third kappa shape index (κ3) is 10.2. The van der Waals surface area contributed by atoms with Gasteiger partial charge in [-0.15, -0.1) is 0 Å². The summed E-state index contributed by atoms with van der Waals surface area (Å²) in [5.41, 5.74) is 6.58. The number of amides is 3. The molecule has 1 aromatic rings. The average molecular weight is 511 g/mol. The Hall–Kier alpha value is -2.79. The molecule has 0 aromatic heterocycles. The van der Waals surface area contributed by atoms with E-state index in [1.807, 2.05) is 27.7 Å². The zero-order chi connectivity index (χ0) is 26.7. The van der Waals surface area contributed by atoms with E-state index in [0.29, 0.717) is 12.0 Å². The molecule has 0 saturated heterocycles. The molecule has 0 saturated carbocycles. The van der Waals surface area contributed by atoms with Crippen molar-refractivity contribution in [1.29, 1.82) is 0 Å². The predicted molar refractivity (Wildman–Crippen MR) is 136 cm³/mol. The van der Waals surface area contributed by atoms with Crippen molar-refractivity contribution in [3.05, 3.63) is 29.8 Å². The monoisotopic (exact) mass is 510 g/mol. The van der Waals surface area contributed by atoms with Crippen LogP contribution in [0.4, 0.5) is 0 Å². The van der Waals surface area contributed by atoms with Crippen LogP contribution in [-0.2, 0) is 25.6 Å². The molecule has 0 fully saturated rings. The van der Waals surface area contributed by atoms with E-state index in [0.717, 1.165) is 0 Å². The third-order valence-electron chi connectivity index (χ3n) is 5.71. The molecule has 1 aromatic carbocycles. The predicted octanol–water partition coefficient (Wildman–Crippen LogP) is 0.823. The lowest BCUT2D eigenvalue weighted by Crippen LogP contribution is -2.58. The number of carbonyl (C=O) groups excluding carboxylic acids is 3. The molecule has 5 unspecified atom stereocenters. The molecule has 0 aliphatic carbocycles. The Morgan fingerprint density at radius 1 is 0.914 bits per heavy atom. The van der Waals surface area contributed by atoms with Gasteiger partial charge in [-0.25, -0.2) is 4.79 Å². The summed E-state index contributed by atoms with van der Waals surface area (Å²) >= 11 is 4.15. The largest absolute Gasteiger partial charge is 0.508 e. The van der Waals surface area contributed by atoms with Crippen molar-refractivity contribution >= 4 is 36.3 Å². The Kier molecular flexibility index (Phi) is 12.6. The van der Waals surface area contributed by atoms with E-state index in [1.54, 1.807) is 12.1 Å². The number of carboxylic acids is 1. The van der Waals surface area contributed by atoms with E-state index < -0.39 is 47.9 Å². The van der Waals surface area contributed by atoms with Crippen LogP contribution in [0.3, 0.4) is 0 Å². The number of nitrogens with two attached hydrogens (primary N) is 1. The van der Waals surface area contributed by atoms with Gasteiger partial charge in [-0.3, -0.25) is 14.4 Å². The Morgan fingerprint density at radius 3 is 1.91 bits per heavy atom. The summed E-state index contributed by atoms with van der Waals surface area (Å²) < 4.78 is 0. The number of rotatable bonds is 14. The zero-order valence-electron chi connectivity index (χ0n) is 20.7. The summed E-state index contributed by atoms with van der Waals surface area (Å²) in [4.78, 5) is 50.1. The Labute approximate surface area is 211 Å². The number of hydrogen-bond donors (Lipinski definition) is 7. The number of phenols is 1. The number of nitrogens with one attached hydrogen (secondary N) is 3. The Bertz CT molecular complexity index is 864. The normalized spacial score (nSPS) is 15.4. The Morgan fingerprint density at radius 2 is 1.43 bits per heavy atom. The third-order valence-corrected chi connectivity index (χ3v) is 6.07. The van der Waals surface area contributed by atoms with Gasteiger partial charge in [-0.1, -0.05) is 46.2 Å². The molecule has 196 valence electrons. The lowest BCUT2D eigenvalue weighted by molar-refractivity contribution is -0.142. The van der Waals surface area contributed by atoms with Crippen LogP contribution in [0.15, 0.2) is 24.3 Å². The van der Waals surface area contributed by atoms with Crippen LogP contribution >= 0.6 is 12.6 Å². The first-order chi connectivity index (χ1) is 16.4. The summed E-state index contributed by atoms with van der Waals surface area (Å²) in [5.74, 6) is -3.10. The van der Waals surface area contributed by atoms with E-state index in [9.17, 15) is 29.4 Å². The van der Waals surface area contributed by atoms with E-state index in [-0.39, 0.29) is 36.2 Å². The number of phenolic OH excluding ortho intramolecular Hbond substituents is 1. The highest BCUT2D eigenvalue weighted by atomic mass is 32.1. The van der Waals surface area contributed by atoms with Crippen LogP contribution in [-0.4, -0.2) is 63.8 Å². The molecule has 10 nitrogen and oxygen atoms in total. The minimum Gasteiger partial charge on any atom is -0.508 e. The van der Waals surface area contributed by atoms with E-state index in [1.165, 1.54) is 12.1 Å². The molecule has 1 rings (SSSR count). The summed E-state index contributed by atoms with van der Waals surface area (Å²) in [6.07, 6.45) is 0.928. The van der Waals surface area contributed by atoms with Gasteiger partial charge in [0.1, 0.15) is 23.9 Å². The van der Waals surface area contributed by atoms with Gasteiger partial charge < -0.3 is 31.9 Å². The zero-order valence-corrected chi connectivity index (χ0v) is 21.5. The molecule has 0 heterocycles. The molecule has 0 bridgehead atoms. The lowest BCUT2D eigenvalue weighted by Gasteiger charge is -2.26. The van der Waals surface area contributed by atoms with E-state index >= 15 is 0 Å². The summed E-state index contributed by atoms with van der Waals surface area (Å²) in [6.45, 7) is 7.40. The molecule has 35 heavy (non-hydrogen) atoms. The van der Waals surface area contributed by atoms with Gasteiger partial charge in [-0.05, 0) is 36.0 Å². The molecule has 7 N–H and O–H groups in total. The van der Waals surface area contributed by atoms with Gasteiger partial charge in [0.25, 0.3) is 0 Å². The summed E-state index contributed by atoms with van der Waals surface area (Å²) in [7, 11) is 0. The maximum Gasteiger partial charge on any atom is 0.326 e. The van der Waals surface area contributed by atoms with Crippen molar-refractivity contribution in [3.63, 3.8) is 0 Å². The minimum atomic E-state index is -1.18. The molecule has 3 amide bonds. The van der Waals surface area contributed by atoms with Crippen LogP contribution in [0.25, 0.3) is 0 Å². The molecule has 0 aliphatic heterocycles. The number of carbonyl (C=O) groups is 4. The second-order valence-electron chi connectivity index (χ2n) is 9.12. The standard InChI is InChI=1S/C24H38N4O6S/c1-5-14(4)20(25)23(32)28-19(12-35)22(31)26-17(11-15-6-8-16(29)9-7-15)21(30)27-18(24(33)34)10-13(2)3/h6-9,13-14,17-20,29,35H,5,10-12,25H2,1-4H3,(H,26,31)(H,27,30)(H,28,32)(H,33,34). The maximum absolute atomic E-state index is 13.1. The summed E-state index contributed by atoms with van der Waals surface area (Å²) in [6, 6.07) is 1.94. The van der Waals surface area contributed by atoms with Crippen LogP contribution in [0.1, 0.15) is 46.1 Å². The first kappa shape index (κ1) is 30.2. The average Bonchev–Trinajstić information content (AvgIpc) is 2.81. The topological polar surface area (TPSA) is 171 Å². The molecule has 0 aliphatic rings. The van der Waals surface area contributed by atoms with E-state index in [2.05, 4.69) is 28.6 Å². The maximum atomic E-state index is 13.1. The van der Waals surface area contributed by atoms with Crippen molar-refractivity contribution in [2.45, 2.75) is 71.1 Å². The quantitative estimate of drug-likeness (QED) is 0.182. The van der Waals surface area contributed by atoms with Gasteiger partial charge in [0, 0.05) is 12.2 Å². The first-order valence-corrected chi connectivity index (χ1v) is 12.3. The van der Waals surface area contributed by atoms with Gasteiger partial charge in [0.2, 0.25) is 17.7 Å². The van der Waals surface area contributed by atoms with Crippen LogP contribution < -0.4 is 21.7 Å². The van der Waals surface area contributed by atoms with Gasteiger partial charge in [0.05, 0.1) is 6.04 Å². The molecule has 0 spiro atoms. The smallest absolute Gasteiger partial charge is 0.326 e. The van der Waals surface area contributed by atoms with Gasteiger partial charge >= 0.3 is 5.97 Å². The fraction of sp³-hybridized carbons (Fsp3) is 0.583. The second kappa shape index (κ2) is 14.6. The molecule has 0 radical (unpaired) electrons. The molecular weight excluding hydrogens is 472 g/mol. The van der Waals surface area contributed by atoms with Crippen LogP contribution in [0.2, 0.25) is 0 Å². The summed E-state index contributed by atoms with van der Waals surface area (Å²) in [5, 5.41) is 26.7. The number of aliphatic carboxylic acids is 1. The fourth-order valence-electron chi connectivity index (χ4n) is 3.29. The number of carboxylic acid groups (broad SMARTS) is 1. The first-order valence-electron chi connectivity index (χ1n) is 11.7. The number of benzene rings is 1. The Balaban J connectivity index is 3.07. The SMILES string of the molecule is CCC(C)C(N)C(=O)NC(CS)C(=O)NC(Cc1ccc(O)cc1)C(=O)NC(CC(C)C)C(=O)O. The number of thiol groups is 1. The van der Waals surface area contributed by atoms with E-state index in [4.69, 9.17) is 5.73 Å². The van der Waals surface area contributed by atoms with Crippen molar-refractivity contribution in [2.75, 3.05) is 5.75 Å². The highest BCUT2D eigenvalue weighted by Crippen LogP contribution is 2.13. The minimum absolute atomic E-state index is 0.0139. The fourth-order valence-corrected chi connectivity index (χ4v) is 3.55. The number of hydrogen-bond acceptors (Lipinski definition) is 7. The van der Waals surface area contributed by atoms with Crippen molar-refractivity contribution in [3.8, 4) is 5.75 Å². The van der Waals surface area contributed by atoms with Crippen molar-refractivity contribution < 1.29 is 29.4 Å². The second-order valence-corrected chi connectivity index (χ2v) is 9.48. The van der Waals surface area contributed by atoms with Gasteiger partial charge in [0.15, 0.2) is 0 Å². The molecule has 11 heteroatoms.